The third kappa shape index (κ3) is 1.99. The first-order valence-corrected chi connectivity index (χ1v) is 6.07. The highest BCUT2D eigenvalue weighted by Gasteiger charge is 2.19. The van der Waals surface area contributed by atoms with Gasteiger partial charge in [-0.2, -0.15) is 0 Å². The van der Waals surface area contributed by atoms with Crippen LogP contribution in [0.2, 0.25) is 0 Å². The van der Waals surface area contributed by atoms with Gasteiger partial charge in [0.05, 0.1) is 12.7 Å². The van der Waals surface area contributed by atoms with Crippen molar-refractivity contribution >= 4 is 16.9 Å². The van der Waals surface area contributed by atoms with E-state index in [4.69, 9.17) is 10.5 Å². The van der Waals surface area contributed by atoms with E-state index in [1.807, 2.05) is 31.2 Å². The van der Waals surface area contributed by atoms with Crippen LogP contribution in [0.15, 0.2) is 24.3 Å². The summed E-state index contributed by atoms with van der Waals surface area (Å²) in [4.78, 5) is 11.9. The van der Waals surface area contributed by atoms with Crippen molar-refractivity contribution in [2.24, 2.45) is 5.73 Å². The quantitative estimate of drug-likeness (QED) is 0.840. The fraction of sp³-hybridized carbons (Fsp3) is 0.357. The molecule has 4 nitrogen and oxygen atoms in total. The van der Waals surface area contributed by atoms with Gasteiger partial charge in [-0.15, -0.1) is 0 Å². The smallest absolute Gasteiger partial charge is 0.340 e. The van der Waals surface area contributed by atoms with Crippen molar-refractivity contribution in [2.45, 2.75) is 19.9 Å². The van der Waals surface area contributed by atoms with Crippen LogP contribution in [-0.4, -0.2) is 24.2 Å². The van der Waals surface area contributed by atoms with Gasteiger partial charge >= 0.3 is 5.97 Å². The van der Waals surface area contributed by atoms with Gasteiger partial charge in [-0.05, 0) is 26.0 Å². The number of esters is 1. The Kier molecular flexibility index (Phi) is 3.67. The fourth-order valence-corrected chi connectivity index (χ4v) is 2.33. The Morgan fingerprint density at radius 1 is 1.39 bits per heavy atom. The van der Waals surface area contributed by atoms with E-state index in [1.165, 1.54) is 7.11 Å². The SMILES string of the molecule is COC(=O)c1c(C)n(CCCN)c2ccccc12. The third-order valence-electron chi connectivity index (χ3n) is 3.21. The minimum Gasteiger partial charge on any atom is -0.465 e. The van der Waals surface area contributed by atoms with Gasteiger partial charge in [0.25, 0.3) is 0 Å². The van der Waals surface area contributed by atoms with Crippen molar-refractivity contribution < 1.29 is 9.53 Å². The predicted molar refractivity (Wildman–Crippen MR) is 71.7 cm³/mol. The molecule has 0 radical (unpaired) electrons. The molecule has 0 aliphatic heterocycles. The minimum absolute atomic E-state index is 0.282. The summed E-state index contributed by atoms with van der Waals surface area (Å²) in [7, 11) is 1.41. The summed E-state index contributed by atoms with van der Waals surface area (Å²) in [6, 6.07) is 7.88. The zero-order chi connectivity index (χ0) is 13.1. The number of benzene rings is 1. The molecule has 0 unspecified atom stereocenters. The number of hydrogen-bond donors (Lipinski definition) is 1. The van der Waals surface area contributed by atoms with E-state index in [0.717, 1.165) is 29.6 Å². The van der Waals surface area contributed by atoms with Crippen molar-refractivity contribution in [3.05, 3.63) is 35.5 Å². The molecule has 4 heteroatoms. The van der Waals surface area contributed by atoms with E-state index in [0.29, 0.717) is 12.1 Å². The molecule has 2 aromatic rings. The molecule has 96 valence electrons. The zero-order valence-electron chi connectivity index (χ0n) is 10.8. The van der Waals surface area contributed by atoms with Gasteiger partial charge < -0.3 is 15.0 Å². The number of rotatable bonds is 4. The van der Waals surface area contributed by atoms with Crippen molar-refractivity contribution in [1.82, 2.24) is 4.57 Å². The summed E-state index contributed by atoms with van der Waals surface area (Å²) in [5, 5.41) is 0.943. The average molecular weight is 246 g/mol. The maximum Gasteiger partial charge on any atom is 0.340 e. The van der Waals surface area contributed by atoms with Gasteiger partial charge in [0, 0.05) is 23.1 Å². The molecule has 2 rings (SSSR count). The van der Waals surface area contributed by atoms with E-state index < -0.39 is 0 Å². The van der Waals surface area contributed by atoms with Crippen LogP contribution in [-0.2, 0) is 11.3 Å². The number of methoxy groups -OCH3 is 1. The number of aromatic nitrogens is 1. The summed E-state index contributed by atoms with van der Waals surface area (Å²) < 4.78 is 7.00. The van der Waals surface area contributed by atoms with Gasteiger partial charge in [0.15, 0.2) is 0 Å². The molecule has 0 saturated carbocycles. The van der Waals surface area contributed by atoms with Crippen LogP contribution in [0.1, 0.15) is 22.5 Å². The molecule has 0 amide bonds. The predicted octanol–water partition coefficient (Wildman–Crippen LogP) is 2.09. The maximum absolute atomic E-state index is 11.9. The molecule has 0 atom stereocenters. The zero-order valence-corrected chi connectivity index (χ0v) is 10.8. The first-order chi connectivity index (χ1) is 8.70. The van der Waals surface area contributed by atoms with Crippen LogP contribution in [0.5, 0.6) is 0 Å². The second-order valence-electron chi connectivity index (χ2n) is 4.26. The van der Waals surface area contributed by atoms with Gasteiger partial charge in [0.1, 0.15) is 0 Å². The highest BCUT2D eigenvalue weighted by Crippen LogP contribution is 2.26. The molecular weight excluding hydrogens is 228 g/mol. The van der Waals surface area contributed by atoms with Crippen molar-refractivity contribution in [1.29, 1.82) is 0 Å². The number of carbonyl (C=O) groups is 1. The topological polar surface area (TPSA) is 57.2 Å². The number of carbonyl (C=O) groups excluding carboxylic acids is 1. The van der Waals surface area contributed by atoms with E-state index in [-0.39, 0.29) is 5.97 Å². The molecule has 1 aromatic heterocycles. The monoisotopic (exact) mass is 246 g/mol. The van der Waals surface area contributed by atoms with Gasteiger partial charge in [-0.3, -0.25) is 0 Å². The molecule has 0 saturated heterocycles. The van der Waals surface area contributed by atoms with Gasteiger partial charge in [-0.25, -0.2) is 4.79 Å². The lowest BCUT2D eigenvalue weighted by atomic mass is 10.1. The molecule has 0 bridgehead atoms. The summed E-state index contributed by atoms with van der Waals surface area (Å²) in [6.45, 7) is 3.40. The standard InChI is InChI=1S/C14H18N2O2/c1-10-13(14(17)18-2)11-6-3-4-7-12(11)16(10)9-5-8-15/h3-4,6-7H,5,8-9,15H2,1-2H3. The number of aryl methyl sites for hydroxylation is 1. The maximum atomic E-state index is 11.9. The molecule has 0 fully saturated rings. The Balaban J connectivity index is 2.63. The number of nitrogens with two attached hydrogens (primary N) is 1. The third-order valence-corrected chi connectivity index (χ3v) is 3.21. The van der Waals surface area contributed by atoms with E-state index >= 15 is 0 Å². The molecule has 0 aliphatic rings. The number of fused-ring (bicyclic) bond motifs is 1. The van der Waals surface area contributed by atoms with E-state index in [9.17, 15) is 4.79 Å². The Morgan fingerprint density at radius 2 is 2.11 bits per heavy atom. The minimum atomic E-state index is -0.282. The number of hydrogen-bond acceptors (Lipinski definition) is 3. The summed E-state index contributed by atoms with van der Waals surface area (Å²) in [5.41, 5.74) is 8.22. The van der Waals surface area contributed by atoms with Crippen LogP contribution in [0.25, 0.3) is 10.9 Å². The van der Waals surface area contributed by atoms with Crippen LogP contribution < -0.4 is 5.73 Å². The fourth-order valence-electron chi connectivity index (χ4n) is 2.33. The Hall–Kier alpha value is -1.81. The van der Waals surface area contributed by atoms with Crippen LogP contribution >= 0.6 is 0 Å². The van der Waals surface area contributed by atoms with Crippen LogP contribution in [0.4, 0.5) is 0 Å². The largest absolute Gasteiger partial charge is 0.465 e. The first-order valence-electron chi connectivity index (χ1n) is 6.07. The lowest BCUT2D eigenvalue weighted by Gasteiger charge is -2.07. The van der Waals surface area contributed by atoms with Gasteiger partial charge in [0.2, 0.25) is 0 Å². The number of ether oxygens (including phenoxy) is 1. The Bertz CT molecular complexity index is 572. The highest BCUT2D eigenvalue weighted by molar-refractivity contribution is 6.05. The average Bonchev–Trinajstić information content (AvgIpc) is 2.68. The van der Waals surface area contributed by atoms with E-state index in [1.54, 1.807) is 0 Å². The molecule has 1 aromatic carbocycles. The lowest BCUT2D eigenvalue weighted by molar-refractivity contribution is 0.0602. The molecule has 1 heterocycles. The number of nitrogens with zero attached hydrogens (tertiary/aromatic N) is 1. The molecule has 0 spiro atoms. The summed E-state index contributed by atoms with van der Waals surface area (Å²) >= 11 is 0. The second kappa shape index (κ2) is 5.23. The normalized spacial score (nSPS) is 10.8. The molecule has 18 heavy (non-hydrogen) atoms. The Morgan fingerprint density at radius 3 is 2.78 bits per heavy atom. The van der Waals surface area contributed by atoms with Crippen LogP contribution in [0, 0.1) is 6.92 Å². The lowest BCUT2D eigenvalue weighted by Crippen LogP contribution is -2.08. The molecular formula is C14H18N2O2. The Labute approximate surface area is 106 Å². The van der Waals surface area contributed by atoms with Crippen molar-refractivity contribution in [3.8, 4) is 0 Å². The molecule has 0 aliphatic carbocycles. The molecule has 2 N–H and O–H groups in total. The van der Waals surface area contributed by atoms with Crippen LogP contribution in [0.3, 0.4) is 0 Å². The highest BCUT2D eigenvalue weighted by atomic mass is 16.5. The first kappa shape index (κ1) is 12.6. The van der Waals surface area contributed by atoms with E-state index in [2.05, 4.69) is 4.57 Å². The van der Waals surface area contributed by atoms with Crippen molar-refractivity contribution in [3.63, 3.8) is 0 Å². The van der Waals surface area contributed by atoms with Gasteiger partial charge in [-0.1, -0.05) is 18.2 Å². The van der Waals surface area contributed by atoms with Crippen molar-refractivity contribution in [2.75, 3.05) is 13.7 Å². The number of para-hydroxylation sites is 1. The second-order valence-corrected chi connectivity index (χ2v) is 4.26. The summed E-state index contributed by atoms with van der Waals surface area (Å²) in [5.74, 6) is -0.282. The summed E-state index contributed by atoms with van der Waals surface area (Å²) in [6.07, 6.45) is 0.889.